The first-order valence-electron chi connectivity index (χ1n) is 20.7. The van der Waals surface area contributed by atoms with Gasteiger partial charge >= 0.3 is 5.97 Å². The highest BCUT2D eigenvalue weighted by molar-refractivity contribution is 7.45. The maximum Gasteiger partial charge on any atom is 0.310 e. The second kappa shape index (κ2) is 36.9. The van der Waals surface area contributed by atoms with Crippen LogP contribution in [-0.2, 0) is 27.9 Å². The van der Waals surface area contributed by atoms with E-state index in [1.165, 1.54) is 70.6 Å². The number of ether oxygens (including phenoxy) is 2. The molecule has 0 rings (SSSR count). The molecule has 0 aliphatic carbocycles. The summed E-state index contributed by atoms with van der Waals surface area (Å²) in [5.74, 6) is -0.465. The number of carbonyl (C=O) groups excluding carboxylic acids is 1. The molecule has 0 aromatic rings. The summed E-state index contributed by atoms with van der Waals surface area (Å²) in [7, 11) is 1.29. The number of nitrogens with zero attached hydrogens (tertiary/aromatic N) is 1. The molecule has 0 heterocycles. The maximum atomic E-state index is 12.6. The van der Waals surface area contributed by atoms with Crippen LogP contribution in [0, 0.1) is 0 Å². The van der Waals surface area contributed by atoms with Crippen molar-refractivity contribution < 1.29 is 37.3 Å². The van der Waals surface area contributed by atoms with Gasteiger partial charge in [0.15, 0.2) is 0 Å². The van der Waals surface area contributed by atoms with Gasteiger partial charge in [-0.1, -0.05) is 145 Å². The largest absolute Gasteiger partial charge is 0.756 e. The number of unbranched alkanes of at least 4 members (excludes halogenated alkanes) is 12. The number of allylic oxidation sites excluding steroid dienone is 11. The third-order valence-corrected chi connectivity index (χ3v) is 9.24. The topological polar surface area (TPSA) is 94.1 Å². The Balaban J connectivity index is 4.42. The Morgan fingerprint density at radius 3 is 1.62 bits per heavy atom. The van der Waals surface area contributed by atoms with Gasteiger partial charge in [-0.25, -0.2) is 0 Å². The maximum absolute atomic E-state index is 12.6. The summed E-state index contributed by atoms with van der Waals surface area (Å²) in [6.07, 6.45) is 46.6. The molecule has 2 unspecified atom stereocenters. The lowest BCUT2D eigenvalue weighted by molar-refractivity contribution is -0.870. The van der Waals surface area contributed by atoms with Crippen molar-refractivity contribution in [2.45, 2.75) is 148 Å². The first kappa shape index (κ1) is 50.9. The van der Waals surface area contributed by atoms with E-state index in [1.54, 1.807) is 6.08 Å². The summed E-state index contributed by atoms with van der Waals surface area (Å²) in [5, 5.41) is 0. The molecule has 0 amide bonds. The summed E-state index contributed by atoms with van der Waals surface area (Å²) in [6, 6.07) is 0. The molecule has 0 radical (unpaired) electrons. The zero-order valence-corrected chi connectivity index (χ0v) is 35.3. The van der Waals surface area contributed by atoms with Gasteiger partial charge in [0.2, 0.25) is 0 Å². The SMILES string of the molecule is CC/C=C\C/C=C\C/C=C\C/C=C\C/C=C\CC(=O)OC(COCCCCCCCC/C=C\CCCCCCCC)COP(=O)([O-])OCC[N+](C)(C)C. The van der Waals surface area contributed by atoms with E-state index < -0.39 is 19.9 Å². The van der Waals surface area contributed by atoms with Crippen LogP contribution in [0.15, 0.2) is 72.9 Å². The van der Waals surface area contributed by atoms with Gasteiger partial charge in [-0.3, -0.25) is 9.36 Å². The third kappa shape index (κ3) is 41.0. The standard InChI is InChI=1S/C44H78NO7P/c1-6-8-10-12-14-16-18-20-22-24-26-28-30-32-34-36-39-49-41-43(42-51-53(47,48)50-40-38-45(3,4)5)52-44(46)37-35-33-31-29-27-25-23-21-19-17-15-13-11-9-7-2/h9,11,15,17,20-23,27,29,33,35,43H,6-8,10,12-14,16,18-19,24-26,28,30-32,34,36-42H2,1-5H3/b11-9-,17-15-,22-20-,23-21-,29-27-,35-33-. The fourth-order valence-corrected chi connectivity index (χ4v) is 5.81. The highest BCUT2D eigenvalue weighted by Gasteiger charge is 2.20. The molecule has 0 fully saturated rings. The number of rotatable bonds is 37. The van der Waals surface area contributed by atoms with Crippen LogP contribution in [0.5, 0.6) is 0 Å². The minimum atomic E-state index is -4.55. The van der Waals surface area contributed by atoms with Crippen LogP contribution in [0.1, 0.15) is 142 Å². The van der Waals surface area contributed by atoms with Crippen molar-refractivity contribution in [3.63, 3.8) is 0 Å². The van der Waals surface area contributed by atoms with Gasteiger partial charge in [0.1, 0.15) is 19.3 Å². The summed E-state index contributed by atoms with van der Waals surface area (Å²) < 4.78 is 34.4. The second-order valence-corrected chi connectivity index (χ2v) is 16.0. The molecular formula is C44H78NO7P. The van der Waals surface area contributed by atoms with Crippen molar-refractivity contribution in [2.24, 2.45) is 0 Å². The summed E-state index contributed by atoms with van der Waals surface area (Å²) in [6.45, 7) is 5.12. The van der Waals surface area contributed by atoms with Gasteiger partial charge in [-0.15, -0.1) is 0 Å². The van der Waals surface area contributed by atoms with Crippen LogP contribution in [-0.4, -0.2) is 70.7 Å². The van der Waals surface area contributed by atoms with E-state index in [0.29, 0.717) is 24.1 Å². The minimum absolute atomic E-state index is 0.00522. The average Bonchev–Trinajstić information content (AvgIpc) is 3.11. The molecule has 0 spiro atoms. The zero-order valence-electron chi connectivity index (χ0n) is 34.4. The van der Waals surface area contributed by atoms with Crippen LogP contribution in [0.25, 0.3) is 0 Å². The van der Waals surface area contributed by atoms with Gasteiger partial charge in [0.25, 0.3) is 7.82 Å². The average molecular weight is 764 g/mol. The number of hydrogen-bond acceptors (Lipinski definition) is 7. The molecule has 0 aliphatic rings. The Bertz CT molecular complexity index is 1070. The molecule has 9 heteroatoms. The molecule has 2 atom stereocenters. The quantitative estimate of drug-likeness (QED) is 0.0204. The van der Waals surface area contributed by atoms with Gasteiger partial charge < -0.3 is 27.9 Å². The Hall–Kier alpha value is -2.06. The van der Waals surface area contributed by atoms with Crippen LogP contribution < -0.4 is 4.89 Å². The smallest absolute Gasteiger partial charge is 0.310 e. The second-order valence-electron chi connectivity index (χ2n) is 14.6. The number of hydrogen-bond donors (Lipinski definition) is 0. The summed E-state index contributed by atoms with van der Waals surface area (Å²) in [4.78, 5) is 24.9. The lowest BCUT2D eigenvalue weighted by atomic mass is 10.1. The Kier molecular flexibility index (Phi) is 35.5. The van der Waals surface area contributed by atoms with Crippen molar-refractivity contribution in [1.29, 1.82) is 0 Å². The Labute approximate surface area is 325 Å². The summed E-state index contributed by atoms with van der Waals surface area (Å²) >= 11 is 0. The fraction of sp³-hybridized carbons (Fsp3) is 0.705. The molecular weight excluding hydrogens is 685 g/mol. The van der Waals surface area contributed by atoms with Gasteiger partial charge in [0, 0.05) is 6.61 Å². The van der Waals surface area contributed by atoms with Crippen LogP contribution in [0.2, 0.25) is 0 Å². The fourth-order valence-electron chi connectivity index (χ4n) is 5.09. The van der Waals surface area contributed by atoms with Crippen LogP contribution in [0.3, 0.4) is 0 Å². The van der Waals surface area contributed by atoms with Crippen molar-refractivity contribution >= 4 is 13.8 Å². The Morgan fingerprint density at radius 1 is 0.604 bits per heavy atom. The summed E-state index contributed by atoms with van der Waals surface area (Å²) in [5.41, 5.74) is 0. The number of phosphoric ester groups is 1. The highest BCUT2D eigenvalue weighted by atomic mass is 31.2. The van der Waals surface area contributed by atoms with Gasteiger partial charge in [-0.2, -0.15) is 0 Å². The number of esters is 1. The van der Waals surface area contributed by atoms with Gasteiger partial charge in [-0.05, 0) is 64.2 Å². The van der Waals surface area contributed by atoms with Crippen molar-refractivity contribution in [2.75, 3.05) is 54.1 Å². The van der Waals surface area contributed by atoms with Gasteiger partial charge in [0.05, 0.1) is 40.8 Å². The van der Waals surface area contributed by atoms with Crippen molar-refractivity contribution in [1.82, 2.24) is 0 Å². The predicted molar refractivity (Wildman–Crippen MR) is 222 cm³/mol. The number of carbonyl (C=O) groups is 1. The lowest BCUT2D eigenvalue weighted by Crippen LogP contribution is -2.37. The lowest BCUT2D eigenvalue weighted by Gasteiger charge is -2.28. The van der Waals surface area contributed by atoms with E-state index in [9.17, 15) is 14.3 Å². The van der Waals surface area contributed by atoms with Crippen LogP contribution in [0.4, 0.5) is 0 Å². The number of phosphoric acid groups is 1. The molecule has 53 heavy (non-hydrogen) atoms. The molecule has 0 bridgehead atoms. The van der Waals surface area contributed by atoms with Crippen molar-refractivity contribution in [3.8, 4) is 0 Å². The monoisotopic (exact) mass is 764 g/mol. The van der Waals surface area contributed by atoms with E-state index in [1.807, 2.05) is 27.2 Å². The van der Waals surface area contributed by atoms with Crippen LogP contribution >= 0.6 is 7.82 Å². The number of likely N-dealkylation sites (N-methyl/N-ethyl adjacent to an activating group) is 1. The first-order valence-corrected chi connectivity index (χ1v) is 22.1. The molecule has 0 aromatic heterocycles. The molecule has 306 valence electrons. The normalized spacial score (nSPS) is 14.6. The predicted octanol–water partition coefficient (Wildman–Crippen LogP) is 11.3. The highest BCUT2D eigenvalue weighted by Crippen LogP contribution is 2.38. The molecule has 0 saturated heterocycles. The van der Waals surface area contributed by atoms with E-state index >= 15 is 0 Å². The van der Waals surface area contributed by atoms with E-state index in [2.05, 4.69) is 74.6 Å². The third-order valence-electron chi connectivity index (χ3n) is 8.27. The van der Waals surface area contributed by atoms with E-state index in [0.717, 1.165) is 44.9 Å². The van der Waals surface area contributed by atoms with E-state index in [4.69, 9.17) is 18.5 Å². The zero-order chi connectivity index (χ0) is 39.1. The molecule has 8 nitrogen and oxygen atoms in total. The van der Waals surface area contributed by atoms with E-state index in [-0.39, 0.29) is 26.2 Å². The molecule has 0 aliphatic heterocycles. The molecule has 0 N–H and O–H groups in total. The first-order chi connectivity index (χ1) is 25.6. The van der Waals surface area contributed by atoms with Crippen molar-refractivity contribution in [3.05, 3.63) is 72.9 Å². The Morgan fingerprint density at radius 2 is 1.09 bits per heavy atom. The minimum Gasteiger partial charge on any atom is -0.756 e. The molecule has 0 saturated carbocycles. The molecule has 0 aromatic carbocycles. The number of quaternary nitrogens is 1.